The zero-order valence-corrected chi connectivity index (χ0v) is 16.4. The van der Waals surface area contributed by atoms with Gasteiger partial charge >= 0.3 is 0 Å². The summed E-state index contributed by atoms with van der Waals surface area (Å²) in [5, 5.41) is 2.75. The highest BCUT2D eigenvalue weighted by molar-refractivity contribution is 6.08. The Hall–Kier alpha value is -3.15. The zero-order chi connectivity index (χ0) is 20.4. The Bertz CT molecular complexity index is 914. The molecule has 0 bridgehead atoms. The number of amides is 3. The van der Waals surface area contributed by atoms with Crippen LogP contribution in [0.2, 0.25) is 0 Å². The minimum Gasteiger partial charge on any atom is -0.457 e. The van der Waals surface area contributed by atoms with Crippen LogP contribution in [0.4, 0.5) is 5.69 Å². The maximum absolute atomic E-state index is 12.5. The Morgan fingerprint density at radius 3 is 2.28 bits per heavy atom. The molecular formula is C23H24N2O4. The van der Waals surface area contributed by atoms with E-state index in [1.165, 1.54) is 0 Å². The summed E-state index contributed by atoms with van der Waals surface area (Å²) < 4.78 is 5.80. The van der Waals surface area contributed by atoms with E-state index in [1.807, 2.05) is 31.2 Å². The molecule has 2 aromatic rings. The first-order chi connectivity index (χ1) is 14.0. The van der Waals surface area contributed by atoms with Crippen molar-refractivity contribution in [1.82, 2.24) is 4.90 Å². The maximum atomic E-state index is 12.5. The third-order valence-electron chi connectivity index (χ3n) is 5.60. The van der Waals surface area contributed by atoms with Gasteiger partial charge in [0.05, 0.1) is 11.8 Å². The number of ether oxygens (including phenoxy) is 1. The molecule has 1 saturated heterocycles. The van der Waals surface area contributed by atoms with Gasteiger partial charge in [-0.15, -0.1) is 0 Å². The van der Waals surface area contributed by atoms with E-state index < -0.39 is 0 Å². The fourth-order valence-corrected chi connectivity index (χ4v) is 4.15. The minimum atomic E-state index is -0.377. The van der Waals surface area contributed by atoms with Crippen molar-refractivity contribution in [2.24, 2.45) is 11.8 Å². The average Bonchev–Trinajstić information content (AvgIpc) is 2.95. The molecule has 0 unspecified atom stereocenters. The molecule has 2 aliphatic rings. The van der Waals surface area contributed by atoms with Crippen LogP contribution in [0.5, 0.6) is 11.5 Å². The lowest BCUT2D eigenvalue weighted by molar-refractivity contribution is -0.142. The number of anilines is 1. The van der Waals surface area contributed by atoms with E-state index in [4.69, 9.17) is 4.74 Å². The van der Waals surface area contributed by atoms with Crippen molar-refractivity contribution in [3.63, 3.8) is 0 Å². The molecule has 6 nitrogen and oxygen atoms in total. The van der Waals surface area contributed by atoms with Gasteiger partial charge in [-0.3, -0.25) is 19.3 Å². The Morgan fingerprint density at radius 1 is 1.00 bits per heavy atom. The van der Waals surface area contributed by atoms with Crippen LogP contribution in [0.1, 0.15) is 31.2 Å². The molecule has 1 aliphatic carbocycles. The van der Waals surface area contributed by atoms with Crippen LogP contribution in [-0.4, -0.2) is 29.2 Å². The number of imide groups is 1. The molecule has 0 aromatic heterocycles. The number of nitrogens with zero attached hydrogens (tertiary/aromatic N) is 1. The Morgan fingerprint density at radius 2 is 1.66 bits per heavy atom. The van der Waals surface area contributed by atoms with E-state index >= 15 is 0 Å². The second kappa shape index (κ2) is 8.07. The van der Waals surface area contributed by atoms with E-state index in [-0.39, 0.29) is 36.1 Å². The normalized spacial score (nSPS) is 21.1. The van der Waals surface area contributed by atoms with E-state index in [0.717, 1.165) is 41.9 Å². The Labute approximate surface area is 169 Å². The van der Waals surface area contributed by atoms with Crippen LogP contribution in [-0.2, 0) is 14.4 Å². The lowest BCUT2D eigenvalue weighted by Gasteiger charge is -2.19. The predicted octanol–water partition coefficient (Wildman–Crippen LogP) is 3.90. The van der Waals surface area contributed by atoms with Crippen LogP contribution in [0.15, 0.2) is 48.5 Å². The van der Waals surface area contributed by atoms with Gasteiger partial charge < -0.3 is 10.1 Å². The van der Waals surface area contributed by atoms with Crippen LogP contribution >= 0.6 is 0 Å². The fraction of sp³-hybridized carbons (Fsp3) is 0.348. The number of fused-ring (bicyclic) bond motifs is 1. The smallest absolute Gasteiger partial charge is 0.244 e. The highest BCUT2D eigenvalue weighted by atomic mass is 16.5. The number of hydrogen-bond donors (Lipinski definition) is 1. The SMILES string of the molecule is Cc1cccc(Oc2ccc(NC(=O)CN3C(=O)[C@H]4CCCC[C@H]4C3=O)cc2)c1. The van der Waals surface area contributed by atoms with Gasteiger partial charge in [0.2, 0.25) is 17.7 Å². The molecule has 1 aliphatic heterocycles. The summed E-state index contributed by atoms with van der Waals surface area (Å²) in [5.41, 5.74) is 1.69. The summed E-state index contributed by atoms with van der Waals surface area (Å²) in [6.45, 7) is 1.77. The van der Waals surface area contributed by atoms with E-state index in [0.29, 0.717) is 11.4 Å². The summed E-state index contributed by atoms with van der Waals surface area (Å²) >= 11 is 0. The molecule has 2 atom stereocenters. The van der Waals surface area contributed by atoms with Crippen molar-refractivity contribution < 1.29 is 19.1 Å². The third kappa shape index (κ3) is 4.16. The molecule has 1 saturated carbocycles. The minimum absolute atomic E-state index is 0.197. The van der Waals surface area contributed by atoms with Crippen LogP contribution in [0, 0.1) is 18.8 Å². The lowest BCUT2D eigenvalue weighted by atomic mass is 9.81. The van der Waals surface area contributed by atoms with Crippen molar-refractivity contribution >= 4 is 23.4 Å². The van der Waals surface area contributed by atoms with E-state index in [9.17, 15) is 14.4 Å². The summed E-state index contributed by atoms with van der Waals surface area (Å²) in [6.07, 6.45) is 3.43. The Balaban J connectivity index is 1.35. The quantitative estimate of drug-likeness (QED) is 0.783. The van der Waals surface area contributed by atoms with Crippen molar-refractivity contribution in [1.29, 1.82) is 0 Å². The molecular weight excluding hydrogens is 368 g/mol. The fourth-order valence-electron chi connectivity index (χ4n) is 4.15. The highest BCUT2D eigenvalue weighted by Gasteiger charge is 2.48. The highest BCUT2D eigenvalue weighted by Crippen LogP contribution is 2.37. The molecule has 150 valence electrons. The van der Waals surface area contributed by atoms with Crippen LogP contribution in [0.25, 0.3) is 0 Å². The summed E-state index contributed by atoms with van der Waals surface area (Å²) in [4.78, 5) is 38.5. The number of rotatable bonds is 5. The number of benzene rings is 2. The third-order valence-corrected chi connectivity index (χ3v) is 5.60. The van der Waals surface area contributed by atoms with Gasteiger partial charge in [-0.05, 0) is 61.7 Å². The number of hydrogen-bond acceptors (Lipinski definition) is 4. The Kier molecular flexibility index (Phi) is 5.34. The molecule has 2 fully saturated rings. The zero-order valence-electron chi connectivity index (χ0n) is 16.4. The van der Waals surface area contributed by atoms with Crippen molar-refractivity contribution in [2.45, 2.75) is 32.6 Å². The monoisotopic (exact) mass is 392 g/mol. The van der Waals surface area contributed by atoms with Gasteiger partial charge in [-0.25, -0.2) is 0 Å². The van der Waals surface area contributed by atoms with Crippen molar-refractivity contribution in [3.8, 4) is 11.5 Å². The van der Waals surface area contributed by atoms with Crippen molar-refractivity contribution in [2.75, 3.05) is 11.9 Å². The second-order valence-corrected chi connectivity index (χ2v) is 7.75. The summed E-state index contributed by atoms with van der Waals surface area (Å²) in [7, 11) is 0. The maximum Gasteiger partial charge on any atom is 0.244 e. The first-order valence-corrected chi connectivity index (χ1v) is 10.0. The number of likely N-dealkylation sites (tertiary alicyclic amines) is 1. The van der Waals surface area contributed by atoms with Crippen molar-refractivity contribution in [3.05, 3.63) is 54.1 Å². The van der Waals surface area contributed by atoms with Crippen LogP contribution in [0.3, 0.4) is 0 Å². The second-order valence-electron chi connectivity index (χ2n) is 7.75. The number of carbonyl (C=O) groups is 3. The molecule has 29 heavy (non-hydrogen) atoms. The standard InChI is InChI=1S/C23H24N2O4/c1-15-5-4-6-18(13-15)29-17-11-9-16(10-12-17)24-21(26)14-25-22(27)19-7-2-3-8-20(19)23(25)28/h4-6,9-13,19-20H,2-3,7-8,14H2,1H3,(H,24,26)/t19-,20+. The summed E-state index contributed by atoms with van der Waals surface area (Å²) in [5.74, 6) is 0.160. The molecule has 1 heterocycles. The topological polar surface area (TPSA) is 75.7 Å². The number of aryl methyl sites for hydroxylation is 1. The molecule has 1 N–H and O–H groups in total. The predicted molar refractivity (Wildman–Crippen MR) is 108 cm³/mol. The molecule has 4 rings (SSSR count). The number of nitrogens with one attached hydrogen (secondary N) is 1. The molecule has 0 spiro atoms. The van der Waals surface area contributed by atoms with E-state index in [2.05, 4.69) is 5.32 Å². The average molecular weight is 392 g/mol. The van der Waals surface area contributed by atoms with Crippen LogP contribution < -0.4 is 10.1 Å². The summed E-state index contributed by atoms with van der Waals surface area (Å²) in [6, 6.07) is 14.7. The molecule has 3 amide bonds. The first-order valence-electron chi connectivity index (χ1n) is 10.0. The van der Waals surface area contributed by atoms with Gasteiger partial charge in [-0.2, -0.15) is 0 Å². The van der Waals surface area contributed by atoms with Gasteiger partial charge in [0.25, 0.3) is 0 Å². The largest absolute Gasteiger partial charge is 0.457 e. The molecule has 2 aromatic carbocycles. The first kappa shape index (κ1) is 19.2. The van der Waals surface area contributed by atoms with E-state index in [1.54, 1.807) is 24.3 Å². The van der Waals surface area contributed by atoms with Gasteiger partial charge in [-0.1, -0.05) is 25.0 Å². The number of carbonyl (C=O) groups excluding carboxylic acids is 3. The van der Waals surface area contributed by atoms with Gasteiger partial charge in [0.15, 0.2) is 0 Å². The van der Waals surface area contributed by atoms with Gasteiger partial charge in [0, 0.05) is 5.69 Å². The van der Waals surface area contributed by atoms with Gasteiger partial charge in [0.1, 0.15) is 18.0 Å². The molecule has 6 heteroatoms. The lowest BCUT2D eigenvalue weighted by Crippen LogP contribution is -2.38. The molecule has 0 radical (unpaired) electrons.